The third-order valence-electron chi connectivity index (χ3n) is 3.01. The maximum Gasteiger partial charge on any atom is 0.333 e. The molecular weight excluding hydrogens is 242 g/mol. The van der Waals surface area contributed by atoms with Crippen LogP contribution in [0.2, 0.25) is 0 Å². The number of hydrogen-bond donors (Lipinski definition) is 1. The minimum absolute atomic E-state index is 0.0788. The largest absolute Gasteiger partial charge is 0.333 e. The minimum Gasteiger partial charge on any atom is -0.273 e. The Kier molecular flexibility index (Phi) is 3.34. The molecule has 0 atom stereocenters. The van der Waals surface area contributed by atoms with Gasteiger partial charge in [0.05, 0.1) is 5.69 Å². The fourth-order valence-corrected chi connectivity index (χ4v) is 2.07. The van der Waals surface area contributed by atoms with Gasteiger partial charge in [-0.1, -0.05) is 25.1 Å². The van der Waals surface area contributed by atoms with Gasteiger partial charge in [0.25, 0.3) is 5.56 Å². The van der Waals surface area contributed by atoms with Crippen molar-refractivity contribution in [2.75, 3.05) is 0 Å². The van der Waals surface area contributed by atoms with Crippen LogP contribution in [0.1, 0.15) is 23.6 Å². The Hall–Kier alpha value is -2.61. The topological polar surface area (TPSA) is 78.7 Å². The Morgan fingerprint density at radius 3 is 2.74 bits per heavy atom. The fourth-order valence-electron chi connectivity index (χ4n) is 2.07. The Morgan fingerprint density at radius 2 is 2.11 bits per heavy atom. The quantitative estimate of drug-likeness (QED) is 0.877. The number of hydrogen-bond acceptors (Lipinski definition) is 3. The van der Waals surface area contributed by atoms with Crippen molar-refractivity contribution < 1.29 is 0 Å². The van der Waals surface area contributed by atoms with E-state index in [2.05, 4.69) is 4.98 Å². The van der Waals surface area contributed by atoms with Crippen molar-refractivity contribution in [1.29, 1.82) is 5.26 Å². The number of para-hydroxylation sites is 1. The van der Waals surface area contributed by atoms with Gasteiger partial charge < -0.3 is 0 Å². The maximum atomic E-state index is 11.9. The number of benzene rings is 1. The molecule has 2 rings (SSSR count). The molecule has 0 radical (unpaired) electrons. The van der Waals surface area contributed by atoms with Crippen LogP contribution in [0.15, 0.2) is 34.0 Å². The fraction of sp³-hybridized carbons (Fsp3) is 0.214. The Balaban J connectivity index is 2.84. The third-order valence-corrected chi connectivity index (χ3v) is 3.01. The molecule has 0 aliphatic rings. The van der Waals surface area contributed by atoms with Gasteiger partial charge in [-0.05, 0) is 24.5 Å². The van der Waals surface area contributed by atoms with Crippen LogP contribution in [-0.2, 0) is 6.42 Å². The average molecular weight is 255 g/mol. The highest BCUT2D eigenvalue weighted by Crippen LogP contribution is 2.18. The molecule has 0 bridgehead atoms. The molecule has 1 N–H and O–H groups in total. The number of aromatic nitrogens is 2. The van der Waals surface area contributed by atoms with Gasteiger partial charge in [-0.2, -0.15) is 5.26 Å². The van der Waals surface area contributed by atoms with Crippen LogP contribution < -0.4 is 11.2 Å². The standard InChI is InChI=1S/C14H13N3O2/c1-3-10-6-4-5-9(2)12(10)17-8-11(7-15)13(18)16-14(17)19/h4-6,8H,3H2,1-2H3,(H,16,18,19). The van der Waals surface area contributed by atoms with E-state index >= 15 is 0 Å². The van der Waals surface area contributed by atoms with E-state index in [1.54, 1.807) is 6.07 Å². The van der Waals surface area contributed by atoms with Gasteiger partial charge in [0.15, 0.2) is 0 Å². The Morgan fingerprint density at radius 1 is 1.37 bits per heavy atom. The molecule has 5 nitrogen and oxygen atoms in total. The summed E-state index contributed by atoms with van der Waals surface area (Å²) in [6.07, 6.45) is 2.05. The first-order valence-corrected chi connectivity index (χ1v) is 5.93. The van der Waals surface area contributed by atoms with Crippen LogP contribution in [-0.4, -0.2) is 9.55 Å². The highest BCUT2D eigenvalue weighted by Gasteiger charge is 2.11. The predicted molar refractivity (Wildman–Crippen MR) is 71.5 cm³/mol. The molecule has 1 aromatic heterocycles. The lowest BCUT2D eigenvalue weighted by molar-refractivity contribution is 0.867. The highest BCUT2D eigenvalue weighted by atomic mass is 16.2. The van der Waals surface area contributed by atoms with E-state index in [-0.39, 0.29) is 5.56 Å². The molecule has 0 saturated heterocycles. The van der Waals surface area contributed by atoms with Crippen molar-refractivity contribution in [2.45, 2.75) is 20.3 Å². The van der Waals surface area contributed by atoms with Crippen LogP contribution in [0, 0.1) is 18.3 Å². The van der Waals surface area contributed by atoms with E-state index in [1.807, 2.05) is 32.0 Å². The summed E-state index contributed by atoms with van der Waals surface area (Å²) in [6.45, 7) is 3.87. The second kappa shape index (κ2) is 4.94. The van der Waals surface area contributed by atoms with Gasteiger partial charge in [0, 0.05) is 6.20 Å². The van der Waals surface area contributed by atoms with E-state index in [0.29, 0.717) is 0 Å². The summed E-state index contributed by atoms with van der Waals surface area (Å²) in [4.78, 5) is 25.5. The smallest absolute Gasteiger partial charge is 0.273 e. The zero-order valence-corrected chi connectivity index (χ0v) is 10.7. The summed E-state index contributed by atoms with van der Waals surface area (Å²) in [6, 6.07) is 7.51. The Bertz CT molecular complexity index is 778. The molecule has 1 aromatic carbocycles. The van der Waals surface area contributed by atoms with E-state index in [0.717, 1.165) is 23.2 Å². The molecule has 19 heavy (non-hydrogen) atoms. The molecule has 0 aliphatic heterocycles. The van der Waals surface area contributed by atoms with Gasteiger partial charge in [-0.15, -0.1) is 0 Å². The van der Waals surface area contributed by atoms with Crippen LogP contribution in [0.3, 0.4) is 0 Å². The van der Waals surface area contributed by atoms with Crippen molar-refractivity contribution in [1.82, 2.24) is 9.55 Å². The lowest BCUT2D eigenvalue weighted by Crippen LogP contribution is -2.30. The first kappa shape index (κ1) is 12.8. The van der Waals surface area contributed by atoms with Crippen LogP contribution in [0.25, 0.3) is 5.69 Å². The number of nitrogens with zero attached hydrogens (tertiary/aromatic N) is 2. The first-order chi connectivity index (χ1) is 9.08. The van der Waals surface area contributed by atoms with Crippen molar-refractivity contribution in [2.24, 2.45) is 0 Å². The average Bonchev–Trinajstić information content (AvgIpc) is 2.39. The second-order valence-electron chi connectivity index (χ2n) is 4.22. The van der Waals surface area contributed by atoms with E-state index < -0.39 is 11.2 Å². The van der Waals surface area contributed by atoms with Crippen LogP contribution in [0.4, 0.5) is 0 Å². The van der Waals surface area contributed by atoms with Crippen molar-refractivity contribution >= 4 is 0 Å². The molecule has 0 unspecified atom stereocenters. The molecule has 0 amide bonds. The predicted octanol–water partition coefficient (Wildman–Crippen LogP) is 1.27. The number of nitrogens with one attached hydrogen (secondary N) is 1. The molecule has 2 aromatic rings. The number of rotatable bonds is 2. The summed E-state index contributed by atoms with van der Waals surface area (Å²) >= 11 is 0. The summed E-state index contributed by atoms with van der Waals surface area (Å²) in [5.41, 5.74) is 1.35. The zero-order chi connectivity index (χ0) is 14.0. The van der Waals surface area contributed by atoms with Crippen LogP contribution >= 0.6 is 0 Å². The minimum atomic E-state index is -0.657. The molecule has 5 heteroatoms. The molecule has 96 valence electrons. The first-order valence-electron chi connectivity index (χ1n) is 5.93. The number of H-pyrrole nitrogens is 1. The second-order valence-corrected chi connectivity index (χ2v) is 4.22. The Labute approximate surface area is 109 Å². The highest BCUT2D eigenvalue weighted by molar-refractivity contribution is 5.48. The zero-order valence-electron chi connectivity index (χ0n) is 10.7. The maximum absolute atomic E-state index is 11.9. The number of nitriles is 1. The number of aryl methyl sites for hydroxylation is 2. The molecular formula is C14H13N3O2. The summed E-state index contributed by atoms with van der Waals surface area (Å²) in [7, 11) is 0. The number of aromatic amines is 1. The molecule has 0 fully saturated rings. The summed E-state index contributed by atoms with van der Waals surface area (Å²) < 4.78 is 1.33. The molecule has 1 heterocycles. The van der Waals surface area contributed by atoms with Crippen molar-refractivity contribution in [3.8, 4) is 11.8 Å². The lowest BCUT2D eigenvalue weighted by Gasteiger charge is -2.13. The van der Waals surface area contributed by atoms with Crippen molar-refractivity contribution in [3.63, 3.8) is 0 Å². The monoisotopic (exact) mass is 255 g/mol. The van der Waals surface area contributed by atoms with Crippen LogP contribution in [0.5, 0.6) is 0 Å². The normalized spacial score (nSPS) is 10.2. The van der Waals surface area contributed by atoms with Gasteiger partial charge in [0.2, 0.25) is 0 Å². The SMILES string of the molecule is CCc1cccc(C)c1-n1cc(C#N)c(=O)[nH]c1=O. The van der Waals surface area contributed by atoms with Gasteiger partial charge in [0.1, 0.15) is 11.6 Å². The van der Waals surface area contributed by atoms with E-state index in [4.69, 9.17) is 5.26 Å². The van der Waals surface area contributed by atoms with Crippen molar-refractivity contribution in [3.05, 3.63) is 61.9 Å². The summed E-state index contributed by atoms with van der Waals surface area (Å²) in [5, 5.41) is 8.89. The van der Waals surface area contributed by atoms with E-state index in [1.165, 1.54) is 10.8 Å². The van der Waals surface area contributed by atoms with Gasteiger partial charge >= 0.3 is 5.69 Å². The van der Waals surface area contributed by atoms with Gasteiger partial charge in [-0.25, -0.2) is 4.79 Å². The third kappa shape index (κ3) is 2.20. The summed E-state index contributed by atoms with van der Waals surface area (Å²) in [5.74, 6) is 0. The molecule has 0 spiro atoms. The van der Waals surface area contributed by atoms with E-state index in [9.17, 15) is 9.59 Å². The molecule has 0 saturated carbocycles. The van der Waals surface area contributed by atoms with Gasteiger partial charge in [-0.3, -0.25) is 14.3 Å². The molecule has 0 aliphatic carbocycles. The lowest BCUT2D eigenvalue weighted by atomic mass is 10.1.